The first-order chi connectivity index (χ1) is 13.9. The van der Waals surface area contributed by atoms with Crippen LogP contribution in [0.15, 0.2) is 30.5 Å². The molecule has 1 amide bonds. The van der Waals surface area contributed by atoms with Crippen LogP contribution in [0.3, 0.4) is 0 Å². The summed E-state index contributed by atoms with van der Waals surface area (Å²) < 4.78 is 12.9. The SMILES string of the molecule is CCC1(C(=O)N2CC(C)(c3cn(CCCOc4ccc(Cl)cc4)nn3)C2)COC1. The Balaban J connectivity index is 1.25. The first-order valence-corrected chi connectivity index (χ1v) is 10.5. The molecule has 0 unspecified atom stereocenters. The van der Waals surface area contributed by atoms with Crippen LogP contribution in [0.25, 0.3) is 0 Å². The summed E-state index contributed by atoms with van der Waals surface area (Å²) in [7, 11) is 0. The van der Waals surface area contributed by atoms with Gasteiger partial charge in [0.15, 0.2) is 0 Å². The molecule has 2 aliphatic rings. The van der Waals surface area contributed by atoms with E-state index in [9.17, 15) is 4.79 Å². The van der Waals surface area contributed by atoms with Gasteiger partial charge in [-0.2, -0.15) is 0 Å². The van der Waals surface area contributed by atoms with Crippen molar-refractivity contribution in [3.05, 3.63) is 41.2 Å². The molecule has 2 saturated heterocycles. The van der Waals surface area contributed by atoms with Crippen molar-refractivity contribution in [2.45, 2.75) is 38.6 Å². The summed E-state index contributed by atoms with van der Waals surface area (Å²) in [6, 6.07) is 7.35. The minimum Gasteiger partial charge on any atom is -0.494 e. The molecule has 156 valence electrons. The van der Waals surface area contributed by atoms with Gasteiger partial charge in [0.1, 0.15) is 5.75 Å². The Kier molecular flexibility index (Phi) is 5.53. The van der Waals surface area contributed by atoms with E-state index in [1.54, 1.807) is 0 Å². The Morgan fingerprint density at radius 2 is 2.00 bits per heavy atom. The highest BCUT2D eigenvalue weighted by Crippen LogP contribution is 2.39. The van der Waals surface area contributed by atoms with E-state index in [4.69, 9.17) is 21.1 Å². The van der Waals surface area contributed by atoms with Crippen LogP contribution in [0.1, 0.15) is 32.4 Å². The maximum atomic E-state index is 12.8. The van der Waals surface area contributed by atoms with Gasteiger partial charge in [0.2, 0.25) is 5.91 Å². The van der Waals surface area contributed by atoms with Gasteiger partial charge in [0.25, 0.3) is 0 Å². The highest BCUT2D eigenvalue weighted by Gasteiger charge is 2.52. The van der Waals surface area contributed by atoms with Crippen molar-refractivity contribution in [2.75, 3.05) is 32.9 Å². The molecule has 29 heavy (non-hydrogen) atoms. The molecule has 0 radical (unpaired) electrons. The number of benzene rings is 1. The van der Waals surface area contributed by atoms with E-state index in [1.165, 1.54) is 0 Å². The number of carbonyl (C=O) groups is 1. The summed E-state index contributed by atoms with van der Waals surface area (Å²) in [5.41, 5.74) is 0.506. The standard InChI is InChI=1S/C21H27ClN4O3/c1-3-21(14-28-15-21)19(27)25-12-20(2,13-25)18-11-26(24-23-18)9-4-10-29-17-7-5-16(22)6-8-17/h5-8,11H,3-4,9-10,12-15H2,1-2H3. The minimum absolute atomic E-state index is 0.132. The number of hydrogen-bond donors (Lipinski definition) is 0. The predicted octanol–water partition coefficient (Wildman–Crippen LogP) is 2.93. The summed E-state index contributed by atoms with van der Waals surface area (Å²) >= 11 is 5.87. The number of ether oxygens (including phenoxy) is 2. The van der Waals surface area contributed by atoms with Crippen molar-refractivity contribution in [2.24, 2.45) is 5.41 Å². The second-order valence-electron chi connectivity index (χ2n) is 8.37. The predicted molar refractivity (Wildman–Crippen MR) is 109 cm³/mol. The number of carbonyl (C=O) groups excluding carboxylic acids is 1. The molecule has 3 heterocycles. The zero-order chi connectivity index (χ0) is 20.5. The number of aryl methyl sites for hydroxylation is 1. The quantitative estimate of drug-likeness (QED) is 0.616. The molecule has 0 spiro atoms. The Morgan fingerprint density at radius 1 is 1.28 bits per heavy atom. The number of amides is 1. The molecule has 2 aromatic rings. The van der Waals surface area contributed by atoms with Crippen molar-refractivity contribution in [3.8, 4) is 5.75 Å². The van der Waals surface area contributed by atoms with Gasteiger partial charge < -0.3 is 14.4 Å². The van der Waals surface area contributed by atoms with Gasteiger partial charge >= 0.3 is 0 Å². The van der Waals surface area contributed by atoms with Crippen LogP contribution in [-0.4, -0.2) is 58.7 Å². The first kappa shape index (κ1) is 20.2. The van der Waals surface area contributed by atoms with Gasteiger partial charge in [-0.05, 0) is 30.7 Å². The molecule has 8 heteroatoms. The third kappa shape index (κ3) is 3.98. The first-order valence-electron chi connectivity index (χ1n) is 10.1. The fraction of sp³-hybridized carbons (Fsp3) is 0.571. The van der Waals surface area contributed by atoms with Crippen molar-refractivity contribution in [3.63, 3.8) is 0 Å². The van der Waals surface area contributed by atoms with Gasteiger partial charge in [-0.1, -0.05) is 30.7 Å². The number of halogens is 1. The Morgan fingerprint density at radius 3 is 2.62 bits per heavy atom. The van der Waals surface area contributed by atoms with Crippen molar-refractivity contribution in [1.82, 2.24) is 19.9 Å². The van der Waals surface area contributed by atoms with Crippen LogP contribution in [-0.2, 0) is 21.5 Å². The zero-order valence-corrected chi connectivity index (χ0v) is 17.7. The van der Waals surface area contributed by atoms with E-state index in [0.717, 1.165) is 30.8 Å². The third-order valence-electron chi connectivity index (χ3n) is 6.02. The van der Waals surface area contributed by atoms with Gasteiger partial charge in [0, 0.05) is 42.7 Å². The lowest BCUT2D eigenvalue weighted by atomic mass is 9.75. The molecule has 0 bridgehead atoms. The van der Waals surface area contributed by atoms with Gasteiger partial charge in [-0.3, -0.25) is 9.48 Å². The van der Waals surface area contributed by atoms with E-state index >= 15 is 0 Å². The van der Waals surface area contributed by atoms with E-state index in [1.807, 2.05) is 40.0 Å². The molecule has 7 nitrogen and oxygen atoms in total. The molecule has 0 N–H and O–H groups in total. The van der Waals surface area contributed by atoms with E-state index in [-0.39, 0.29) is 16.7 Å². The number of nitrogens with zero attached hydrogens (tertiary/aromatic N) is 4. The Labute approximate surface area is 175 Å². The topological polar surface area (TPSA) is 69.5 Å². The van der Waals surface area contributed by atoms with Crippen LogP contribution in [0.2, 0.25) is 5.02 Å². The monoisotopic (exact) mass is 418 g/mol. The number of hydrogen-bond acceptors (Lipinski definition) is 5. The zero-order valence-electron chi connectivity index (χ0n) is 16.9. The fourth-order valence-corrected chi connectivity index (χ4v) is 4.02. The highest BCUT2D eigenvalue weighted by atomic mass is 35.5. The van der Waals surface area contributed by atoms with Gasteiger partial charge in [-0.15, -0.1) is 5.10 Å². The van der Waals surface area contributed by atoms with Crippen LogP contribution >= 0.6 is 11.6 Å². The lowest BCUT2D eigenvalue weighted by Crippen LogP contribution is -2.65. The number of rotatable bonds is 8. The van der Waals surface area contributed by atoms with Crippen LogP contribution in [0, 0.1) is 5.41 Å². The normalized spacial score (nSPS) is 19.3. The lowest BCUT2D eigenvalue weighted by Gasteiger charge is -2.52. The fourth-order valence-electron chi connectivity index (χ4n) is 3.90. The molecule has 1 aromatic heterocycles. The molecular weight excluding hydrogens is 392 g/mol. The largest absolute Gasteiger partial charge is 0.494 e. The van der Waals surface area contributed by atoms with Crippen molar-refractivity contribution in [1.29, 1.82) is 0 Å². The summed E-state index contributed by atoms with van der Waals surface area (Å²) in [5.74, 6) is 1.03. The summed E-state index contributed by atoms with van der Waals surface area (Å²) in [6.07, 6.45) is 3.64. The summed E-state index contributed by atoms with van der Waals surface area (Å²) in [6.45, 7) is 7.99. The van der Waals surface area contributed by atoms with Crippen LogP contribution < -0.4 is 4.74 Å². The second-order valence-corrected chi connectivity index (χ2v) is 8.81. The number of likely N-dealkylation sites (tertiary alicyclic amines) is 1. The van der Waals surface area contributed by atoms with E-state index in [0.29, 0.717) is 37.9 Å². The highest BCUT2D eigenvalue weighted by molar-refractivity contribution is 6.30. The smallest absolute Gasteiger partial charge is 0.233 e. The molecule has 1 aromatic carbocycles. The average molecular weight is 419 g/mol. The molecular formula is C21H27ClN4O3. The summed E-state index contributed by atoms with van der Waals surface area (Å²) in [4.78, 5) is 14.7. The molecule has 2 aliphatic heterocycles. The Bertz CT molecular complexity index is 852. The van der Waals surface area contributed by atoms with Crippen LogP contribution in [0.4, 0.5) is 0 Å². The van der Waals surface area contributed by atoms with Crippen molar-refractivity contribution < 1.29 is 14.3 Å². The maximum Gasteiger partial charge on any atom is 0.233 e. The van der Waals surface area contributed by atoms with Gasteiger partial charge in [-0.25, -0.2) is 0 Å². The Hall–Kier alpha value is -2.12. The molecule has 0 saturated carbocycles. The average Bonchev–Trinajstić information content (AvgIpc) is 3.13. The van der Waals surface area contributed by atoms with Crippen LogP contribution in [0.5, 0.6) is 5.75 Å². The van der Waals surface area contributed by atoms with Crippen molar-refractivity contribution >= 4 is 17.5 Å². The molecule has 0 aliphatic carbocycles. The maximum absolute atomic E-state index is 12.8. The minimum atomic E-state index is -0.303. The lowest BCUT2D eigenvalue weighted by molar-refractivity contribution is -0.180. The van der Waals surface area contributed by atoms with E-state index < -0.39 is 0 Å². The third-order valence-corrected chi connectivity index (χ3v) is 6.28. The summed E-state index contributed by atoms with van der Waals surface area (Å²) in [5, 5.41) is 9.31. The van der Waals surface area contributed by atoms with Gasteiger partial charge in [0.05, 0.1) is 30.9 Å². The molecule has 4 rings (SSSR count). The molecule has 0 atom stereocenters. The number of aromatic nitrogens is 3. The van der Waals surface area contributed by atoms with E-state index in [2.05, 4.69) is 24.2 Å². The molecule has 2 fully saturated rings. The second kappa shape index (κ2) is 7.95.